The smallest absolute Gasteiger partial charge is 0.330 e. The average Bonchev–Trinajstić information content (AvgIpc) is 3.15. The van der Waals surface area contributed by atoms with Crippen LogP contribution in [0.4, 0.5) is 5.69 Å². The van der Waals surface area contributed by atoms with E-state index in [0.29, 0.717) is 28.8 Å². The molecule has 1 atom stereocenters. The fourth-order valence-corrected chi connectivity index (χ4v) is 4.11. The van der Waals surface area contributed by atoms with Crippen LogP contribution in [0.5, 0.6) is 0 Å². The van der Waals surface area contributed by atoms with Crippen LogP contribution in [0, 0.1) is 10.1 Å². The van der Waals surface area contributed by atoms with Gasteiger partial charge in [-0.15, -0.1) is 0 Å². The maximum atomic E-state index is 12.3. The molecule has 1 aromatic heterocycles. The molecule has 0 bridgehead atoms. The monoisotopic (exact) mass is 349 g/mol. The number of nitrogens with one attached hydrogen (secondary N) is 1. The Bertz CT molecular complexity index is 826. The number of thioether (sulfide) groups is 1. The van der Waals surface area contributed by atoms with Crippen molar-refractivity contribution in [2.75, 3.05) is 11.5 Å². The number of nitro groups is 1. The van der Waals surface area contributed by atoms with Crippen LogP contribution < -0.4 is 5.32 Å². The van der Waals surface area contributed by atoms with Gasteiger partial charge in [-0.25, -0.2) is 4.79 Å². The van der Waals surface area contributed by atoms with Crippen molar-refractivity contribution in [3.8, 4) is 0 Å². The highest BCUT2D eigenvalue weighted by atomic mass is 32.2. The Hall–Kier alpha value is -2.55. The molecule has 0 aliphatic carbocycles. The molecular weight excluding hydrogens is 334 g/mol. The first-order valence-corrected chi connectivity index (χ1v) is 8.42. The molecule has 8 nitrogen and oxygen atoms in total. The highest BCUT2D eigenvalue weighted by Gasteiger charge is 2.43. The second-order valence-electron chi connectivity index (χ2n) is 5.68. The summed E-state index contributed by atoms with van der Waals surface area (Å²) >= 11 is 1.50. The second-order valence-corrected chi connectivity index (χ2v) is 6.79. The van der Waals surface area contributed by atoms with Gasteiger partial charge in [-0.3, -0.25) is 14.9 Å². The number of hydrogen-bond acceptors (Lipinski definition) is 5. The van der Waals surface area contributed by atoms with Gasteiger partial charge in [-0.05, 0) is 24.3 Å². The summed E-state index contributed by atoms with van der Waals surface area (Å²) in [5.41, 5.74) is -0.540. The molecule has 24 heavy (non-hydrogen) atoms. The van der Waals surface area contributed by atoms with Gasteiger partial charge in [0, 0.05) is 35.0 Å². The number of carbonyl (C=O) groups is 2. The SMILES string of the molecule is O=C(Cn1ccc2cc([N+](=O)[O-])ccc21)NC1(C(=O)O)CCSC1. The van der Waals surface area contributed by atoms with E-state index >= 15 is 0 Å². The number of nitro benzene ring substituents is 1. The van der Waals surface area contributed by atoms with E-state index in [1.54, 1.807) is 22.9 Å². The molecule has 0 saturated carbocycles. The Kier molecular flexibility index (Phi) is 4.18. The molecular formula is C15H15N3O5S. The number of carboxylic acid groups (broad SMARTS) is 1. The lowest BCUT2D eigenvalue weighted by Crippen LogP contribution is -2.55. The number of carboxylic acids is 1. The van der Waals surface area contributed by atoms with Crippen LogP contribution in [0.25, 0.3) is 10.9 Å². The molecule has 1 amide bonds. The first-order chi connectivity index (χ1) is 11.4. The molecule has 1 unspecified atom stereocenters. The summed E-state index contributed by atoms with van der Waals surface area (Å²) in [6, 6.07) is 6.09. The minimum absolute atomic E-state index is 0.0162. The van der Waals surface area contributed by atoms with Gasteiger partial charge in [0.1, 0.15) is 12.1 Å². The van der Waals surface area contributed by atoms with Crippen LogP contribution in [0.15, 0.2) is 30.5 Å². The Morgan fingerprint density at radius 1 is 1.42 bits per heavy atom. The molecule has 0 radical (unpaired) electrons. The molecule has 126 valence electrons. The minimum atomic E-state index is -1.20. The van der Waals surface area contributed by atoms with Crippen molar-refractivity contribution in [2.45, 2.75) is 18.5 Å². The van der Waals surface area contributed by atoms with Crippen molar-refractivity contribution in [1.29, 1.82) is 0 Å². The van der Waals surface area contributed by atoms with Gasteiger partial charge < -0.3 is 15.0 Å². The first kappa shape index (κ1) is 16.3. The summed E-state index contributed by atoms with van der Waals surface area (Å²) in [5.74, 6) is -0.361. The maximum Gasteiger partial charge on any atom is 0.330 e. The summed E-state index contributed by atoms with van der Waals surface area (Å²) in [4.78, 5) is 34.1. The van der Waals surface area contributed by atoms with E-state index in [1.807, 2.05) is 0 Å². The van der Waals surface area contributed by atoms with Crippen molar-refractivity contribution in [1.82, 2.24) is 9.88 Å². The summed E-state index contributed by atoms with van der Waals surface area (Å²) in [7, 11) is 0. The van der Waals surface area contributed by atoms with Crippen LogP contribution in [-0.4, -0.2) is 43.5 Å². The quantitative estimate of drug-likeness (QED) is 0.626. The lowest BCUT2D eigenvalue weighted by molar-refractivity contribution is -0.384. The fourth-order valence-electron chi connectivity index (χ4n) is 2.79. The van der Waals surface area contributed by atoms with Gasteiger partial charge >= 0.3 is 5.97 Å². The molecule has 1 fully saturated rings. The Morgan fingerprint density at radius 3 is 2.83 bits per heavy atom. The number of amides is 1. The number of carbonyl (C=O) groups excluding carboxylic acids is 1. The zero-order valence-electron chi connectivity index (χ0n) is 12.6. The molecule has 1 saturated heterocycles. The Labute approximate surface area is 141 Å². The van der Waals surface area contributed by atoms with Crippen molar-refractivity contribution in [3.63, 3.8) is 0 Å². The number of aromatic nitrogens is 1. The predicted molar refractivity (Wildman–Crippen MR) is 89.0 cm³/mol. The van der Waals surface area contributed by atoms with Crippen LogP contribution in [0.3, 0.4) is 0 Å². The van der Waals surface area contributed by atoms with Gasteiger partial charge in [0.25, 0.3) is 5.69 Å². The van der Waals surface area contributed by atoms with Gasteiger partial charge in [0.2, 0.25) is 5.91 Å². The van der Waals surface area contributed by atoms with E-state index in [4.69, 9.17) is 0 Å². The van der Waals surface area contributed by atoms with Gasteiger partial charge in [0.15, 0.2) is 0 Å². The number of aliphatic carboxylic acids is 1. The number of fused-ring (bicyclic) bond motifs is 1. The van der Waals surface area contributed by atoms with E-state index in [0.717, 1.165) is 0 Å². The molecule has 1 aromatic carbocycles. The van der Waals surface area contributed by atoms with Crippen molar-refractivity contribution in [3.05, 3.63) is 40.6 Å². The van der Waals surface area contributed by atoms with Crippen LogP contribution in [-0.2, 0) is 16.1 Å². The summed E-state index contributed by atoms with van der Waals surface area (Å²) < 4.78 is 1.64. The number of non-ortho nitro benzene ring substituents is 1. The van der Waals surface area contributed by atoms with Crippen LogP contribution in [0.2, 0.25) is 0 Å². The molecule has 1 aliphatic rings. The van der Waals surface area contributed by atoms with Crippen molar-refractivity contribution in [2.24, 2.45) is 0 Å². The number of nitrogens with zero attached hydrogens (tertiary/aromatic N) is 2. The number of rotatable bonds is 5. The van der Waals surface area contributed by atoms with E-state index < -0.39 is 22.3 Å². The van der Waals surface area contributed by atoms with Crippen molar-refractivity contribution < 1.29 is 19.6 Å². The Balaban J connectivity index is 1.78. The highest BCUT2D eigenvalue weighted by molar-refractivity contribution is 7.99. The molecule has 9 heteroatoms. The summed E-state index contributed by atoms with van der Waals surface area (Å²) in [6.45, 7) is -0.0407. The first-order valence-electron chi connectivity index (χ1n) is 7.27. The minimum Gasteiger partial charge on any atom is -0.479 e. The third kappa shape index (κ3) is 2.94. The summed E-state index contributed by atoms with van der Waals surface area (Å²) in [6.07, 6.45) is 2.06. The van der Waals surface area contributed by atoms with E-state index in [2.05, 4.69) is 5.32 Å². The molecule has 1 aliphatic heterocycles. The molecule has 2 heterocycles. The van der Waals surface area contributed by atoms with Gasteiger partial charge in [-0.2, -0.15) is 11.8 Å². The zero-order chi connectivity index (χ0) is 17.3. The summed E-state index contributed by atoms with van der Waals surface area (Å²) in [5, 5.41) is 23.5. The average molecular weight is 349 g/mol. The third-order valence-electron chi connectivity index (χ3n) is 4.09. The predicted octanol–water partition coefficient (Wildman–Crippen LogP) is 1.63. The maximum absolute atomic E-state index is 12.3. The van der Waals surface area contributed by atoms with Gasteiger partial charge in [-0.1, -0.05) is 0 Å². The number of hydrogen-bond donors (Lipinski definition) is 2. The van der Waals surface area contributed by atoms with E-state index in [9.17, 15) is 24.8 Å². The Morgan fingerprint density at radius 2 is 2.21 bits per heavy atom. The molecule has 2 aromatic rings. The molecule has 0 spiro atoms. The number of benzene rings is 1. The zero-order valence-corrected chi connectivity index (χ0v) is 13.4. The van der Waals surface area contributed by atoms with Crippen LogP contribution in [0.1, 0.15) is 6.42 Å². The fraction of sp³-hybridized carbons (Fsp3) is 0.333. The third-order valence-corrected chi connectivity index (χ3v) is 5.28. The highest BCUT2D eigenvalue weighted by Crippen LogP contribution is 2.28. The topological polar surface area (TPSA) is 114 Å². The molecule has 2 N–H and O–H groups in total. The lowest BCUT2D eigenvalue weighted by atomic mass is 9.99. The lowest BCUT2D eigenvalue weighted by Gasteiger charge is -2.24. The standard InChI is InChI=1S/C15H15N3O5S/c19-13(16-15(14(20)21)4-6-24-9-15)8-17-5-3-10-7-11(18(22)23)1-2-12(10)17/h1-3,5,7H,4,6,8-9H2,(H,16,19)(H,20,21). The normalized spacial score (nSPS) is 20.2. The van der Waals surface area contributed by atoms with E-state index in [-0.39, 0.29) is 12.2 Å². The van der Waals surface area contributed by atoms with E-state index in [1.165, 1.54) is 23.9 Å². The second kappa shape index (κ2) is 6.16. The van der Waals surface area contributed by atoms with Crippen LogP contribution >= 0.6 is 11.8 Å². The molecule has 3 rings (SSSR count). The van der Waals surface area contributed by atoms with Crippen molar-refractivity contribution >= 4 is 40.2 Å². The largest absolute Gasteiger partial charge is 0.479 e. The van der Waals surface area contributed by atoms with Gasteiger partial charge in [0.05, 0.1) is 4.92 Å².